The van der Waals surface area contributed by atoms with Crippen LogP contribution in [0.5, 0.6) is 0 Å². The fourth-order valence-electron chi connectivity index (χ4n) is 2.19. The topological polar surface area (TPSA) is 66.8 Å². The minimum Gasteiger partial charge on any atom is -0.481 e. The molecule has 1 atom stereocenters. The van der Waals surface area contributed by atoms with Gasteiger partial charge in [0.1, 0.15) is 5.82 Å². The van der Waals surface area contributed by atoms with Crippen LogP contribution < -0.4 is 0 Å². The molecule has 5 nitrogen and oxygen atoms in total. The molecule has 1 unspecified atom stereocenters. The second-order valence-corrected chi connectivity index (χ2v) is 5.91. The Labute approximate surface area is 146 Å². The minimum absolute atomic E-state index is 0.0619. The van der Waals surface area contributed by atoms with Crippen LogP contribution >= 0.6 is 11.6 Å². The highest BCUT2D eigenvalue weighted by Gasteiger charge is 2.22. The number of halogens is 2. The van der Waals surface area contributed by atoms with E-state index in [0.717, 1.165) is 0 Å². The van der Waals surface area contributed by atoms with E-state index in [-0.39, 0.29) is 29.5 Å². The van der Waals surface area contributed by atoms with Crippen molar-refractivity contribution in [2.24, 2.45) is 5.92 Å². The van der Waals surface area contributed by atoms with Gasteiger partial charge in [-0.05, 0) is 25.5 Å². The van der Waals surface area contributed by atoms with Gasteiger partial charge in [0, 0.05) is 36.9 Å². The Morgan fingerprint density at radius 3 is 2.71 bits per heavy atom. The van der Waals surface area contributed by atoms with Crippen molar-refractivity contribution in [2.75, 3.05) is 26.3 Å². The largest absolute Gasteiger partial charge is 0.481 e. The summed E-state index contributed by atoms with van der Waals surface area (Å²) in [6, 6.07) is 4.23. The maximum Gasteiger partial charge on any atom is 0.308 e. The lowest BCUT2D eigenvalue weighted by atomic mass is 10.1. The Hall–Kier alpha value is -1.66. The van der Waals surface area contributed by atoms with Crippen LogP contribution in [0.2, 0.25) is 5.02 Å². The number of nitrogens with zero attached hydrogens (tertiary/aromatic N) is 1. The Bertz CT molecular complexity index is 547. The summed E-state index contributed by atoms with van der Waals surface area (Å²) in [5.74, 6) is -2.60. The van der Waals surface area contributed by atoms with E-state index in [9.17, 15) is 14.0 Å². The highest BCUT2D eigenvalue weighted by atomic mass is 35.5. The summed E-state index contributed by atoms with van der Waals surface area (Å²) in [4.78, 5) is 25.0. The number of carboxylic acids is 1. The average Bonchev–Trinajstić information content (AvgIpc) is 2.53. The minimum atomic E-state index is -0.985. The third kappa shape index (κ3) is 6.45. The lowest BCUT2D eigenvalue weighted by molar-refractivity contribution is -0.143. The fourth-order valence-corrected chi connectivity index (χ4v) is 2.42. The molecule has 0 aliphatic carbocycles. The first-order chi connectivity index (χ1) is 11.4. The smallest absolute Gasteiger partial charge is 0.308 e. The fraction of sp³-hybridized carbons (Fsp3) is 0.529. The lowest BCUT2D eigenvalue weighted by Crippen LogP contribution is -2.39. The molecule has 0 bridgehead atoms. The molecular formula is C17H23ClFNO4. The van der Waals surface area contributed by atoms with Gasteiger partial charge in [-0.25, -0.2) is 4.39 Å². The normalized spacial score (nSPS) is 12.0. The highest BCUT2D eigenvalue weighted by molar-refractivity contribution is 6.31. The number of benzene rings is 1. The molecule has 24 heavy (non-hydrogen) atoms. The first-order valence-corrected chi connectivity index (χ1v) is 8.25. The Morgan fingerprint density at radius 1 is 1.42 bits per heavy atom. The predicted octanol–water partition coefficient (Wildman–Crippen LogP) is 3.00. The van der Waals surface area contributed by atoms with Crippen LogP contribution in [0.3, 0.4) is 0 Å². The monoisotopic (exact) mass is 359 g/mol. The first kappa shape index (κ1) is 20.4. The summed E-state index contributed by atoms with van der Waals surface area (Å²) in [6.45, 7) is 4.86. The van der Waals surface area contributed by atoms with Crippen LogP contribution in [0.4, 0.5) is 4.39 Å². The van der Waals surface area contributed by atoms with E-state index in [1.54, 1.807) is 0 Å². The molecule has 7 heteroatoms. The van der Waals surface area contributed by atoms with Gasteiger partial charge in [-0.1, -0.05) is 24.6 Å². The summed E-state index contributed by atoms with van der Waals surface area (Å²) in [7, 11) is 0. The number of carbonyl (C=O) groups excluding carboxylic acids is 1. The van der Waals surface area contributed by atoms with Gasteiger partial charge in [0.05, 0.1) is 12.3 Å². The molecule has 0 radical (unpaired) electrons. The summed E-state index contributed by atoms with van der Waals surface area (Å²) < 4.78 is 19.1. The van der Waals surface area contributed by atoms with E-state index < -0.39 is 17.7 Å². The van der Waals surface area contributed by atoms with Crippen molar-refractivity contribution in [3.8, 4) is 0 Å². The Morgan fingerprint density at radius 2 is 2.12 bits per heavy atom. The summed E-state index contributed by atoms with van der Waals surface area (Å²) in [5.41, 5.74) is 0.127. The molecule has 0 saturated carbocycles. The molecular weight excluding hydrogens is 337 g/mol. The zero-order valence-electron chi connectivity index (χ0n) is 13.9. The number of hydrogen-bond donors (Lipinski definition) is 1. The Kier molecular flexibility index (Phi) is 8.71. The van der Waals surface area contributed by atoms with Crippen molar-refractivity contribution in [1.82, 2.24) is 4.90 Å². The summed E-state index contributed by atoms with van der Waals surface area (Å²) in [5, 5.41) is 9.24. The van der Waals surface area contributed by atoms with Crippen LogP contribution in [0, 0.1) is 11.7 Å². The lowest BCUT2D eigenvalue weighted by Gasteiger charge is -2.25. The zero-order chi connectivity index (χ0) is 18.1. The zero-order valence-corrected chi connectivity index (χ0v) is 14.7. The molecule has 0 saturated heterocycles. The van der Waals surface area contributed by atoms with Crippen molar-refractivity contribution < 1.29 is 23.8 Å². The summed E-state index contributed by atoms with van der Waals surface area (Å²) in [6.07, 6.45) is 0.378. The van der Waals surface area contributed by atoms with E-state index >= 15 is 0 Å². The molecule has 1 aromatic rings. The van der Waals surface area contributed by atoms with Gasteiger partial charge in [-0.3, -0.25) is 9.59 Å². The molecule has 0 aromatic heterocycles. The van der Waals surface area contributed by atoms with E-state index in [2.05, 4.69) is 0 Å². The predicted molar refractivity (Wildman–Crippen MR) is 89.6 cm³/mol. The maximum atomic E-state index is 13.8. The van der Waals surface area contributed by atoms with Gasteiger partial charge in [-0.2, -0.15) is 0 Å². The average molecular weight is 360 g/mol. The number of ether oxygens (including phenoxy) is 1. The maximum absolute atomic E-state index is 13.8. The number of carboxylic acid groups (broad SMARTS) is 1. The molecule has 0 fully saturated rings. The van der Waals surface area contributed by atoms with Gasteiger partial charge >= 0.3 is 5.97 Å². The molecule has 0 spiro atoms. The van der Waals surface area contributed by atoms with E-state index in [4.69, 9.17) is 21.4 Å². The molecule has 1 rings (SSSR count). The van der Waals surface area contributed by atoms with Crippen molar-refractivity contribution in [3.05, 3.63) is 34.6 Å². The number of rotatable bonds is 10. The molecule has 0 heterocycles. The first-order valence-electron chi connectivity index (χ1n) is 7.88. The van der Waals surface area contributed by atoms with Gasteiger partial charge in [-0.15, -0.1) is 0 Å². The van der Waals surface area contributed by atoms with Crippen molar-refractivity contribution in [3.63, 3.8) is 0 Å². The van der Waals surface area contributed by atoms with Crippen LogP contribution in [0.1, 0.15) is 25.8 Å². The summed E-state index contributed by atoms with van der Waals surface area (Å²) >= 11 is 5.96. The van der Waals surface area contributed by atoms with Crippen LogP contribution in [0.25, 0.3) is 0 Å². The molecule has 0 aliphatic heterocycles. The van der Waals surface area contributed by atoms with Crippen molar-refractivity contribution >= 4 is 23.5 Å². The van der Waals surface area contributed by atoms with Crippen LogP contribution in [-0.4, -0.2) is 48.2 Å². The van der Waals surface area contributed by atoms with E-state index in [0.29, 0.717) is 26.2 Å². The second-order valence-electron chi connectivity index (χ2n) is 5.51. The standard InChI is InChI=1S/C17H23ClFNO4/c1-3-24-9-5-8-20(11-12(2)17(22)23)16(21)10-13-14(18)6-4-7-15(13)19/h4,6-7,12H,3,5,8-11H2,1-2H3,(H,22,23). The Balaban J connectivity index is 2.79. The number of amides is 1. The van der Waals surface area contributed by atoms with Gasteiger partial charge in [0.15, 0.2) is 0 Å². The van der Waals surface area contributed by atoms with E-state index in [1.165, 1.54) is 30.0 Å². The number of hydrogen-bond acceptors (Lipinski definition) is 3. The van der Waals surface area contributed by atoms with Crippen molar-refractivity contribution in [2.45, 2.75) is 26.7 Å². The van der Waals surface area contributed by atoms with Gasteiger partial charge < -0.3 is 14.7 Å². The third-order valence-corrected chi connectivity index (χ3v) is 3.93. The highest BCUT2D eigenvalue weighted by Crippen LogP contribution is 2.20. The third-order valence-electron chi connectivity index (χ3n) is 3.58. The quantitative estimate of drug-likeness (QED) is 0.652. The second kappa shape index (κ2) is 10.3. The number of carbonyl (C=O) groups is 2. The van der Waals surface area contributed by atoms with Crippen molar-refractivity contribution in [1.29, 1.82) is 0 Å². The van der Waals surface area contributed by atoms with Gasteiger partial charge in [0.25, 0.3) is 0 Å². The van der Waals surface area contributed by atoms with Gasteiger partial charge in [0.2, 0.25) is 5.91 Å². The van der Waals surface area contributed by atoms with E-state index in [1.807, 2.05) is 6.92 Å². The SMILES string of the molecule is CCOCCCN(CC(C)C(=O)O)C(=O)Cc1c(F)cccc1Cl. The molecule has 0 aliphatic rings. The number of aliphatic carboxylic acids is 1. The molecule has 1 amide bonds. The molecule has 1 aromatic carbocycles. The van der Waals surface area contributed by atoms with Crippen LogP contribution in [0.15, 0.2) is 18.2 Å². The molecule has 1 N–H and O–H groups in total. The molecule has 134 valence electrons. The van der Waals surface area contributed by atoms with Crippen LogP contribution in [-0.2, 0) is 20.7 Å².